The van der Waals surface area contributed by atoms with E-state index in [1.807, 2.05) is 0 Å². The van der Waals surface area contributed by atoms with Crippen LogP contribution in [0.1, 0.15) is 59.8 Å². The van der Waals surface area contributed by atoms with Gasteiger partial charge in [0.2, 0.25) is 0 Å². The van der Waals surface area contributed by atoms with E-state index in [2.05, 4.69) is 37.9 Å². The summed E-state index contributed by atoms with van der Waals surface area (Å²) in [6, 6.07) is 1.35. The molecule has 0 saturated carbocycles. The Bertz CT molecular complexity index is 193. The maximum atomic E-state index is 3.63. The highest BCUT2D eigenvalue weighted by Crippen LogP contribution is 2.21. The zero-order valence-electron chi connectivity index (χ0n) is 12.3. The van der Waals surface area contributed by atoms with Crippen molar-refractivity contribution in [2.45, 2.75) is 71.9 Å². The third kappa shape index (κ3) is 5.39. The third-order valence-corrected chi connectivity index (χ3v) is 4.46. The molecule has 0 aromatic heterocycles. The van der Waals surface area contributed by atoms with E-state index in [9.17, 15) is 0 Å². The predicted octanol–water partition coefficient (Wildman–Crippen LogP) is 3.28. The molecular weight excluding hydrogens is 208 g/mol. The van der Waals surface area contributed by atoms with Crippen LogP contribution in [0.3, 0.4) is 0 Å². The smallest absolute Gasteiger partial charge is 0.0192 e. The van der Waals surface area contributed by atoms with Crippen molar-refractivity contribution in [3.8, 4) is 0 Å². The topological polar surface area (TPSA) is 15.3 Å². The van der Waals surface area contributed by atoms with E-state index in [1.54, 1.807) is 0 Å². The lowest BCUT2D eigenvalue weighted by Gasteiger charge is -2.29. The molecule has 0 radical (unpaired) electrons. The zero-order chi connectivity index (χ0) is 12.7. The first-order valence-corrected chi connectivity index (χ1v) is 7.64. The van der Waals surface area contributed by atoms with Crippen molar-refractivity contribution in [3.05, 3.63) is 0 Å². The Labute approximate surface area is 108 Å². The molecule has 0 bridgehead atoms. The van der Waals surface area contributed by atoms with Crippen molar-refractivity contribution in [3.63, 3.8) is 0 Å². The van der Waals surface area contributed by atoms with Crippen LogP contribution in [0.4, 0.5) is 0 Å². The second kappa shape index (κ2) is 8.10. The van der Waals surface area contributed by atoms with Crippen LogP contribution in [0.2, 0.25) is 0 Å². The summed E-state index contributed by atoms with van der Waals surface area (Å²) >= 11 is 0. The highest BCUT2D eigenvalue weighted by atomic mass is 15.2. The Morgan fingerprint density at radius 2 is 1.94 bits per heavy atom. The first-order chi connectivity index (χ1) is 8.17. The second-order valence-electron chi connectivity index (χ2n) is 5.81. The monoisotopic (exact) mass is 240 g/mol. The summed E-state index contributed by atoms with van der Waals surface area (Å²) in [4.78, 5) is 2.69. The highest BCUT2D eigenvalue weighted by molar-refractivity contribution is 4.76. The predicted molar refractivity (Wildman–Crippen MR) is 76.4 cm³/mol. The maximum Gasteiger partial charge on any atom is 0.0192 e. The van der Waals surface area contributed by atoms with Gasteiger partial charge in [0.15, 0.2) is 0 Å². The summed E-state index contributed by atoms with van der Waals surface area (Å²) in [5.74, 6) is 0.981. The SMILES string of the molecule is CCC1CCCN(C(C)CNC(C)CC)CC1. The molecule has 0 aromatic carbocycles. The highest BCUT2D eigenvalue weighted by Gasteiger charge is 2.19. The summed E-state index contributed by atoms with van der Waals surface area (Å²) < 4.78 is 0. The summed E-state index contributed by atoms with van der Waals surface area (Å²) in [7, 11) is 0. The van der Waals surface area contributed by atoms with Crippen molar-refractivity contribution >= 4 is 0 Å². The van der Waals surface area contributed by atoms with Crippen LogP contribution in [0.15, 0.2) is 0 Å². The molecule has 1 aliphatic heterocycles. The lowest BCUT2D eigenvalue weighted by molar-refractivity contribution is 0.205. The molecule has 1 rings (SSSR count). The van der Waals surface area contributed by atoms with Crippen LogP contribution >= 0.6 is 0 Å². The standard InChI is InChI=1S/C15H32N2/c1-5-13(3)16-12-14(4)17-10-7-8-15(6-2)9-11-17/h13-16H,5-12H2,1-4H3. The van der Waals surface area contributed by atoms with E-state index < -0.39 is 0 Å². The summed E-state index contributed by atoms with van der Waals surface area (Å²) in [5, 5.41) is 3.63. The summed E-state index contributed by atoms with van der Waals surface area (Å²) in [6.45, 7) is 13.0. The van der Waals surface area contributed by atoms with Crippen molar-refractivity contribution < 1.29 is 0 Å². The Morgan fingerprint density at radius 3 is 2.59 bits per heavy atom. The summed E-state index contributed by atoms with van der Waals surface area (Å²) in [6.07, 6.45) is 6.84. The van der Waals surface area contributed by atoms with Crippen LogP contribution < -0.4 is 5.32 Å². The van der Waals surface area contributed by atoms with E-state index >= 15 is 0 Å². The lowest BCUT2D eigenvalue weighted by atomic mass is 9.98. The number of rotatable bonds is 6. The third-order valence-electron chi connectivity index (χ3n) is 4.46. The van der Waals surface area contributed by atoms with Crippen LogP contribution in [0.5, 0.6) is 0 Å². The second-order valence-corrected chi connectivity index (χ2v) is 5.81. The van der Waals surface area contributed by atoms with E-state index in [4.69, 9.17) is 0 Å². The molecule has 0 spiro atoms. The largest absolute Gasteiger partial charge is 0.313 e. The summed E-state index contributed by atoms with van der Waals surface area (Å²) in [5.41, 5.74) is 0. The van der Waals surface area contributed by atoms with E-state index in [-0.39, 0.29) is 0 Å². The van der Waals surface area contributed by atoms with Gasteiger partial charge >= 0.3 is 0 Å². The molecule has 17 heavy (non-hydrogen) atoms. The quantitative estimate of drug-likeness (QED) is 0.766. The number of hydrogen-bond donors (Lipinski definition) is 1. The fraction of sp³-hybridized carbons (Fsp3) is 1.00. The average Bonchev–Trinajstić information content (AvgIpc) is 2.60. The first kappa shape index (κ1) is 15.0. The molecule has 0 aromatic rings. The van der Waals surface area contributed by atoms with Gasteiger partial charge in [-0.2, -0.15) is 0 Å². The molecular formula is C15H32N2. The molecule has 1 saturated heterocycles. The van der Waals surface area contributed by atoms with Gasteiger partial charge in [0.25, 0.3) is 0 Å². The van der Waals surface area contributed by atoms with Gasteiger partial charge in [-0.3, -0.25) is 4.90 Å². The van der Waals surface area contributed by atoms with Crippen LogP contribution in [0, 0.1) is 5.92 Å². The van der Waals surface area contributed by atoms with Gasteiger partial charge < -0.3 is 5.32 Å². The number of nitrogens with one attached hydrogen (secondary N) is 1. The normalized spacial score (nSPS) is 26.5. The Balaban J connectivity index is 2.28. The molecule has 1 N–H and O–H groups in total. The molecule has 1 heterocycles. The fourth-order valence-corrected chi connectivity index (χ4v) is 2.68. The lowest BCUT2D eigenvalue weighted by Crippen LogP contribution is -2.43. The van der Waals surface area contributed by atoms with Gasteiger partial charge in [0.1, 0.15) is 0 Å². The first-order valence-electron chi connectivity index (χ1n) is 7.64. The van der Waals surface area contributed by atoms with Crippen molar-refractivity contribution in [1.82, 2.24) is 10.2 Å². The van der Waals surface area contributed by atoms with Gasteiger partial charge in [-0.1, -0.05) is 20.3 Å². The minimum atomic E-state index is 0.660. The van der Waals surface area contributed by atoms with Gasteiger partial charge in [-0.05, 0) is 58.5 Å². The van der Waals surface area contributed by atoms with Crippen molar-refractivity contribution in [2.24, 2.45) is 5.92 Å². The molecule has 0 amide bonds. The number of likely N-dealkylation sites (tertiary alicyclic amines) is 1. The van der Waals surface area contributed by atoms with Crippen molar-refractivity contribution in [2.75, 3.05) is 19.6 Å². The van der Waals surface area contributed by atoms with Gasteiger partial charge in [-0.25, -0.2) is 0 Å². The molecule has 102 valence electrons. The molecule has 1 aliphatic rings. The Hall–Kier alpha value is -0.0800. The molecule has 2 heteroatoms. The van der Waals surface area contributed by atoms with Crippen LogP contribution in [-0.2, 0) is 0 Å². The van der Waals surface area contributed by atoms with Crippen molar-refractivity contribution in [1.29, 1.82) is 0 Å². The van der Waals surface area contributed by atoms with Gasteiger partial charge in [0.05, 0.1) is 0 Å². The minimum absolute atomic E-state index is 0.660. The van der Waals surface area contributed by atoms with E-state index in [1.165, 1.54) is 45.2 Å². The average molecular weight is 240 g/mol. The Kier molecular flexibility index (Phi) is 7.14. The fourth-order valence-electron chi connectivity index (χ4n) is 2.68. The Morgan fingerprint density at radius 1 is 1.18 bits per heavy atom. The number of nitrogens with zero attached hydrogens (tertiary/aromatic N) is 1. The van der Waals surface area contributed by atoms with Gasteiger partial charge in [0, 0.05) is 18.6 Å². The number of hydrogen-bond acceptors (Lipinski definition) is 2. The molecule has 0 aliphatic carbocycles. The molecule has 3 atom stereocenters. The van der Waals surface area contributed by atoms with Gasteiger partial charge in [-0.15, -0.1) is 0 Å². The molecule has 3 unspecified atom stereocenters. The maximum absolute atomic E-state index is 3.63. The zero-order valence-corrected chi connectivity index (χ0v) is 12.3. The van der Waals surface area contributed by atoms with E-state index in [0.29, 0.717) is 12.1 Å². The molecule has 2 nitrogen and oxygen atoms in total. The van der Waals surface area contributed by atoms with E-state index in [0.717, 1.165) is 12.5 Å². The van der Waals surface area contributed by atoms with Crippen LogP contribution in [-0.4, -0.2) is 36.6 Å². The van der Waals surface area contributed by atoms with Crippen LogP contribution in [0.25, 0.3) is 0 Å². The minimum Gasteiger partial charge on any atom is -0.313 e. The molecule has 1 fully saturated rings.